The number of ether oxygens (including phenoxy) is 1. The monoisotopic (exact) mass is 240 g/mol. The van der Waals surface area contributed by atoms with E-state index in [1.165, 1.54) is 0 Å². The highest BCUT2D eigenvalue weighted by molar-refractivity contribution is 5.69. The second-order valence-electron chi connectivity index (χ2n) is 6.29. The van der Waals surface area contributed by atoms with Crippen LogP contribution in [0.4, 0.5) is 4.79 Å². The lowest BCUT2D eigenvalue weighted by Gasteiger charge is -2.35. The molecule has 2 fully saturated rings. The Morgan fingerprint density at radius 3 is 2.65 bits per heavy atom. The van der Waals surface area contributed by atoms with Crippen LogP contribution in [0.2, 0.25) is 0 Å². The molecule has 1 saturated heterocycles. The summed E-state index contributed by atoms with van der Waals surface area (Å²) >= 11 is 0. The number of hydrogen-bond donors (Lipinski definition) is 1. The Morgan fingerprint density at radius 1 is 1.29 bits per heavy atom. The molecule has 1 aliphatic heterocycles. The first kappa shape index (κ1) is 12.7. The summed E-state index contributed by atoms with van der Waals surface area (Å²) in [6.45, 7) is 6.53. The van der Waals surface area contributed by atoms with Crippen LogP contribution in [0.3, 0.4) is 0 Å². The summed E-state index contributed by atoms with van der Waals surface area (Å²) in [5.74, 6) is 0.483. The number of hydrogen-bond acceptors (Lipinski definition) is 3. The molecule has 1 saturated carbocycles. The number of carbonyl (C=O) groups is 1. The molecule has 3 atom stereocenters. The summed E-state index contributed by atoms with van der Waals surface area (Å²) in [7, 11) is 0. The molecule has 1 amide bonds. The fourth-order valence-electron chi connectivity index (χ4n) is 3.07. The van der Waals surface area contributed by atoms with Crippen molar-refractivity contribution in [2.75, 3.05) is 6.54 Å². The van der Waals surface area contributed by atoms with Crippen LogP contribution in [-0.2, 0) is 4.74 Å². The van der Waals surface area contributed by atoms with E-state index in [0.29, 0.717) is 12.0 Å². The van der Waals surface area contributed by atoms with E-state index in [-0.39, 0.29) is 12.1 Å². The highest BCUT2D eigenvalue weighted by Crippen LogP contribution is 2.36. The van der Waals surface area contributed by atoms with Gasteiger partial charge in [0.05, 0.1) is 0 Å². The van der Waals surface area contributed by atoms with Crippen molar-refractivity contribution in [3.05, 3.63) is 0 Å². The van der Waals surface area contributed by atoms with Crippen molar-refractivity contribution < 1.29 is 9.53 Å². The van der Waals surface area contributed by atoms with Crippen molar-refractivity contribution in [1.29, 1.82) is 0 Å². The molecule has 2 rings (SSSR count). The van der Waals surface area contributed by atoms with E-state index in [0.717, 1.165) is 32.2 Å². The van der Waals surface area contributed by atoms with E-state index in [1.807, 2.05) is 25.7 Å². The molecule has 0 bridgehead atoms. The van der Waals surface area contributed by atoms with Gasteiger partial charge in [0.25, 0.3) is 0 Å². The van der Waals surface area contributed by atoms with E-state index in [1.54, 1.807) is 0 Å². The maximum atomic E-state index is 12.1. The summed E-state index contributed by atoms with van der Waals surface area (Å²) in [5.41, 5.74) is 5.72. The zero-order valence-electron chi connectivity index (χ0n) is 11.1. The number of carbonyl (C=O) groups excluding carboxylic acids is 1. The van der Waals surface area contributed by atoms with Gasteiger partial charge >= 0.3 is 6.09 Å². The minimum atomic E-state index is -0.411. The first-order valence-corrected chi connectivity index (χ1v) is 6.64. The minimum absolute atomic E-state index is 0.167. The van der Waals surface area contributed by atoms with Crippen LogP contribution in [0.15, 0.2) is 0 Å². The Labute approximate surface area is 103 Å². The SMILES string of the molecule is CC(C)(C)OC(=O)N1CC[C@@H]2[C@H]1CCC[C@@H]2N. The molecule has 0 aromatic carbocycles. The van der Waals surface area contributed by atoms with Gasteiger partial charge in [-0.3, -0.25) is 0 Å². The summed E-state index contributed by atoms with van der Waals surface area (Å²) in [5, 5.41) is 0. The number of nitrogens with zero attached hydrogens (tertiary/aromatic N) is 1. The van der Waals surface area contributed by atoms with Crippen LogP contribution < -0.4 is 5.73 Å². The van der Waals surface area contributed by atoms with Gasteiger partial charge in [-0.2, -0.15) is 0 Å². The van der Waals surface area contributed by atoms with Crippen molar-refractivity contribution in [2.24, 2.45) is 11.7 Å². The summed E-state index contributed by atoms with van der Waals surface area (Å²) in [6.07, 6.45) is 4.17. The lowest BCUT2D eigenvalue weighted by atomic mass is 9.81. The van der Waals surface area contributed by atoms with Crippen LogP contribution in [0.5, 0.6) is 0 Å². The summed E-state index contributed by atoms with van der Waals surface area (Å²) < 4.78 is 5.45. The molecule has 4 heteroatoms. The largest absolute Gasteiger partial charge is 0.444 e. The normalized spacial score (nSPS) is 33.4. The first-order chi connectivity index (χ1) is 7.88. The Kier molecular flexibility index (Phi) is 3.34. The predicted octanol–water partition coefficient (Wildman–Crippen LogP) is 2.12. The van der Waals surface area contributed by atoms with Crippen LogP contribution in [0.1, 0.15) is 46.5 Å². The Morgan fingerprint density at radius 2 is 2.00 bits per heavy atom. The van der Waals surface area contributed by atoms with Crippen LogP contribution in [-0.4, -0.2) is 35.2 Å². The first-order valence-electron chi connectivity index (χ1n) is 6.64. The third-order valence-electron chi connectivity index (χ3n) is 3.81. The quantitative estimate of drug-likeness (QED) is 0.705. The molecule has 0 aromatic rings. The van der Waals surface area contributed by atoms with Gasteiger partial charge in [-0.25, -0.2) is 4.79 Å². The molecule has 4 nitrogen and oxygen atoms in total. The van der Waals surface area contributed by atoms with E-state index in [9.17, 15) is 4.79 Å². The van der Waals surface area contributed by atoms with Crippen molar-refractivity contribution in [1.82, 2.24) is 4.90 Å². The average molecular weight is 240 g/mol. The van der Waals surface area contributed by atoms with Crippen molar-refractivity contribution in [3.63, 3.8) is 0 Å². The van der Waals surface area contributed by atoms with Gasteiger partial charge in [-0.1, -0.05) is 0 Å². The predicted molar refractivity (Wildman–Crippen MR) is 66.7 cm³/mol. The second kappa shape index (κ2) is 4.48. The van der Waals surface area contributed by atoms with Gasteiger partial charge in [0.1, 0.15) is 5.60 Å². The average Bonchev–Trinajstić information content (AvgIpc) is 2.60. The number of fused-ring (bicyclic) bond motifs is 1. The maximum absolute atomic E-state index is 12.1. The lowest BCUT2D eigenvalue weighted by Crippen LogP contribution is -2.47. The summed E-state index contributed by atoms with van der Waals surface area (Å²) in [6, 6.07) is 0.579. The topological polar surface area (TPSA) is 55.6 Å². The number of rotatable bonds is 0. The standard InChI is InChI=1S/C13H24N2O2/c1-13(2,3)17-12(16)15-8-7-9-10(14)5-4-6-11(9)15/h9-11H,4-8,14H2,1-3H3/t9-,10-,11+/m0/s1. The smallest absolute Gasteiger partial charge is 0.410 e. The van der Waals surface area contributed by atoms with Gasteiger partial charge in [0.2, 0.25) is 0 Å². The highest BCUT2D eigenvalue weighted by Gasteiger charge is 2.43. The van der Waals surface area contributed by atoms with Crippen molar-refractivity contribution in [2.45, 2.75) is 64.1 Å². The molecule has 0 unspecified atom stereocenters. The molecule has 17 heavy (non-hydrogen) atoms. The Hall–Kier alpha value is -0.770. The van der Waals surface area contributed by atoms with E-state index < -0.39 is 5.60 Å². The number of amides is 1. The van der Waals surface area contributed by atoms with E-state index >= 15 is 0 Å². The van der Waals surface area contributed by atoms with Gasteiger partial charge in [-0.05, 0) is 52.4 Å². The molecule has 0 spiro atoms. The third kappa shape index (κ3) is 2.73. The molecule has 1 aliphatic carbocycles. The zero-order chi connectivity index (χ0) is 12.6. The molecule has 0 radical (unpaired) electrons. The van der Waals surface area contributed by atoms with Crippen LogP contribution in [0.25, 0.3) is 0 Å². The molecule has 0 aromatic heterocycles. The molecule has 98 valence electrons. The molecule has 1 heterocycles. The minimum Gasteiger partial charge on any atom is -0.444 e. The lowest BCUT2D eigenvalue weighted by molar-refractivity contribution is 0.0175. The van der Waals surface area contributed by atoms with Crippen LogP contribution >= 0.6 is 0 Å². The van der Waals surface area contributed by atoms with Crippen LogP contribution in [0, 0.1) is 5.92 Å². The Balaban J connectivity index is 2.01. The van der Waals surface area contributed by atoms with E-state index in [2.05, 4.69) is 0 Å². The number of nitrogens with two attached hydrogens (primary N) is 1. The fraction of sp³-hybridized carbons (Fsp3) is 0.923. The maximum Gasteiger partial charge on any atom is 0.410 e. The van der Waals surface area contributed by atoms with Gasteiger partial charge in [-0.15, -0.1) is 0 Å². The molecule has 2 N–H and O–H groups in total. The molecular formula is C13H24N2O2. The molecule has 2 aliphatic rings. The van der Waals surface area contributed by atoms with E-state index in [4.69, 9.17) is 10.5 Å². The van der Waals surface area contributed by atoms with Crippen molar-refractivity contribution in [3.8, 4) is 0 Å². The highest BCUT2D eigenvalue weighted by atomic mass is 16.6. The van der Waals surface area contributed by atoms with Gasteiger partial charge in [0.15, 0.2) is 0 Å². The van der Waals surface area contributed by atoms with Gasteiger partial charge < -0.3 is 15.4 Å². The third-order valence-corrected chi connectivity index (χ3v) is 3.81. The fourth-order valence-corrected chi connectivity index (χ4v) is 3.07. The van der Waals surface area contributed by atoms with Gasteiger partial charge in [0, 0.05) is 18.6 Å². The zero-order valence-corrected chi connectivity index (χ0v) is 11.1. The summed E-state index contributed by atoms with van der Waals surface area (Å²) in [4.78, 5) is 14.0. The number of likely N-dealkylation sites (tertiary alicyclic amines) is 1. The molecular weight excluding hydrogens is 216 g/mol. The second-order valence-corrected chi connectivity index (χ2v) is 6.29. The van der Waals surface area contributed by atoms with Crippen molar-refractivity contribution >= 4 is 6.09 Å². The Bertz CT molecular complexity index is 298.